The topological polar surface area (TPSA) is 237 Å². The molecule has 0 radical (unpaired) electrons. The number of ether oxygens (including phenoxy) is 4. The Labute approximate surface area is 575 Å². The molecular formula is C75H146O17P2. The summed E-state index contributed by atoms with van der Waals surface area (Å²) in [4.78, 5) is 72.4. The van der Waals surface area contributed by atoms with Crippen LogP contribution in [0.4, 0.5) is 0 Å². The Balaban J connectivity index is 5.13. The molecule has 0 aromatic rings. The minimum absolute atomic E-state index is 0.106. The molecule has 0 aliphatic heterocycles. The molecule has 5 atom stereocenters. The number of aliphatic hydroxyl groups is 1. The van der Waals surface area contributed by atoms with Crippen LogP contribution in [0, 0.1) is 11.8 Å². The molecular weight excluding hydrogens is 1230 g/mol. The number of carbonyl (C=O) groups is 4. The van der Waals surface area contributed by atoms with Crippen LogP contribution in [0.2, 0.25) is 0 Å². The van der Waals surface area contributed by atoms with Crippen LogP contribution in [-0.2, 0) is 65.4 Å². The maximum atomic E-state index is 13.1. The summed E-state index contributed by atoms with van der Waals surface area (Å²) in [5, 5.41) is 10.6. The summed E-state index contributed by atoms with van der Waals surface area (Å²) in [6.07, 6.45) is 54.6. The molecule has 94 heavy (non-hydrogen) atoms. The summed E-state index contributed by atoms with van der Waals surface area (Å²) in [5.74, 6) is -0.506. The summed E-state index contributed by atoms with van der Waals surface area (Å²) in [5.41, 5.74) is 0. The fourth-order valence-corrected chi connectivity index (χ4v) is 13.1. The van der Waals surface area contributed by atoms with Crippen molar-refractivity contribution in [3.8, 4) is 0 Å². The van der Waals surface area contributed by atoms with E-state index in [0.717, 1.165) is 108 Å². The lowest BCUT2D eigenvalue weighted by Crippen LogP contribution is -2.30. The maximum absolute atomic E-state index is 13.1. The summed E-state index contributed by atoms with van der Waals surface area (Å²) >= 11 is 0. The van der Waals surface area contributed by atoms with E-state index in [1.54, 1.807) is 0 Å². The lowest BCUT2D eigenvalue weighted by molar-refractivity contribution is -0.161. The van der Waals surface area contributed by atoms with E-state index >= 15 is 0 Å². The monoisotopic (exact) mass is 1380 g/mol. The molecule has 0 aromatic carbocycles. The third kappa shape index (κ3) is 68.6. The van der Waals surface area contributed by atoms with E-state index < -0.39 is 97.5 Å². The van der Waals surface area contributed by atoms with Crippen molar-refractivity contribution >= 4 is 39.5 Å². The molecule has 0 rings (SSSR count). The standard InChI is InChI=1S/C75H146O17P2/c1-7-9-11-13-14-15-28-36-41-47-53-59-74(79)91-70(63-85-72(77)57-51-43-12-10-8-2)65-89-93(81,82)87-61-69(76)62-88-94(83,84)90-66-71(92-75(80)60-54-48-42-37-32-27-23-19-17-21-25-30-34-39-45-50-56-68(5)6)64-86-73(78)58-52-46-40-35-31-26-22-18-16-20-24-29-33-38-44-49-55-67(3)4/h67-71,76H,7-66H2,1-6H3,(H,81,82)(H,83,84)/t69-,70+,71+/m0/s1. The van der Waals surface area contributed by atoms with E-state index in [-0.39, 0.29) is 25.7 Å². The molecule has 0 aliphatic rings. The molecule has 0 aromatic heterocycles. The second kappa shape index (κ2) is 66.9. The number of esters is 4. The van der Waals surface area contributed by atoms with Crippen molar-refractivity contribution < 1.29 is 80.2 Å². The SMILES string of the molecule is CCCCCCCCCCCCCC(=O)O[C@H](COC(=O)CCCCCCC)COP(=O)(O)OC[C@H](O)COP(=O)(O)OC[C@@H](COC(=O)CCCCCCCCCCCCCCCCCCC(C)C)OC(=O)CCCCCCCCCCCCCCCCCCC(C)C. The van der Waals surface area contributed by atoms with E-state index in [1.165, 1.54) is 199 Å². The molecule has 0 spiro atoms. The van der Waals surface area contributed by atoms with Crippen molar-refractivity contribution in [2.24, 2.45) is 11.8 Å². The smallest absolute Gasteiger partial charge is 0.462 e. The van der Waals surface area contributed by atoms with Crippen LogP contribution in [0.5, 0.6) is 0 Å². The molecule has 0 saturated heterocycles. The van der Waals surface area contributed by atoms with Gasteiger partial charge in [-0.3, -0.25) is 37.3 Å². The second-order valence-corrected chi connectivity index (χ2v) is 30.9. The highest BCUT2D eigenvalue weighted by atomic mass is 31.2. The van der Waals surface area contributed by atoms with E-state index in [1.807, 2.05) is 0 Å². The lowest BCUT2D eigenvalue weighted by atomic mass is 10.0. The predicted octanol–water partition coefficient (Wildman–Crippen LogP) is 21.9. The van der Waals surface area contributed by atoms with Gasteiger partial charge in [-0.2, -0.15) is 0 Å². The Kier molecular flexibility index (Phi) is 65.5. The predicted molar refractivity (Wildman–Crippen MR) is 381 cm³/mol. The molecule has 0 aliphatic carbocycles. The van der Waals surface area contributed by atoms with Gasteiger partial charge in [0.15, 0.2) is 12.2 Å². The van der Waals surface area contributed by atoms with Gasteiger partial charge in [-0.05, 0) is 37.5 Å². The molecule has 558 valence electrons. The van der Waals surface area contributed by atoms with Gasteiger partial charge in [0.1, 0.15) is 19.3 Å². The number of phosphoric ester groups is 2. The van der Waals surface area contributed by atoms with Gasteiger partial charge in [-0.1, -0.05) is 337 Å². The number of carbonyl (C=O) groups excluding carboxylic acids is 4. The number of unbranched alkanes of at least 4 members (excludes halogenated alkanes) is 44. The van der Waals surface area contributed by atoms with E-state index in [0.29, 0.717) is 25.7 Å². The van der Waals surface area contributed by atoms with Crippen molar-refractivity contribution in [1.82, 2.24) is 0 Å². The molecule has 3 N–H and O–H groups in total. The Bertz CT molecular complexity index is 1820. The molecule has 0 amide bonds. The van der Waals surface area contributed by atoms with Gasteiger partial charge in [0, 0.05) is 25.7 Å². The number of aliphatic hydroxyl groups excluding tert-OH is 1. The van der Waals surface area contributed by atoms with Gasteiger partial charge in [0.05, 0.1) is 26.4 Å². The van der Waals surface area contributed by atoms with E-state index in [2.05, 4.69) is 41.5 Å². The Hall–Kier alpha value is -1.94. The van der Waals surface area contributed by atoms with Gasteiger partial charge in [-0.25, -0.2) is 9.13 Å². The lowest BCUT2D eigenvalue weighted by Gasteiger charge is -2.21. The molecule has 0 bridgehead atoms. The zero-order valence-corrected chi connectivity index (χ0v) is 63.1. The minimum Gasteiger partial charge on any atom is -0.462 e. The Morgan fingerprint density at radius 3 is 0.723 bits per heavy atom. The number of hydrogen-bond acceptors (Lipinski definition) is 15. The molecule has 0 heterocycles. The van der Waals surface area contributed by atoms with E-state index in [4.69, 9.17) is 37.0 Å². The van der Waals surface area contributed by atoms with Crippen molar-refractivity contribution in [1.29, 1.82) is 0 Å². The quantitative estimate of drug-likeness (QED) is 0.0222. The highest BCUT2D eigenvalue weighted by Gasteiger charge is 2.30. The number of hydrogen-bond donors (Lipinski definition) is 3. The fourth-order valence-electron chi connectivity index (χ4n) is 11.5. The van der Waals surface area contributed by atoms with Crippen molar-refractivity contribution in [3.63, 3.8) is 0 Å². The average Bonchev–Trinajstić information content (AvgIpc) is 3.68. The highest BCUT2D eigenvalue weighted by molar-refractivity contribution is 7.47. The second-order valence-electron chi connectivity index (χ2n) is 28.0. The first-order chi connectivity index (χ1) is 45.4. The number of phosphoric acid groups is 2. The fraction of sp³-hybridized carbons (Fsp3) is 0.947. The molecule has 2 unspecified atom stereocenters. The third-order valence-electron chi connectivity index (χ3n) is 17.5. The van der Waals surface area contributed by atoms with Gasteiger partial charge in [0.2, 0.25) is 0 Å². The maximum Gasteiger partial charge on any atom is 0.472 e. The normalized spacial score (nSPS) is 14.0. The molecule has 17 nitrogen and oxygen atoms in total. The molecule has 19 heteroatoms. The summed E-state index contributed by atoms with van der Waals surface area (Å²) in [6.45, 7) is 9.56. The van der Waals surface area contributed by atoms with Crippen molar-refractivity contribution in [2.75, 3.05) is 39.6 Å². The van der Waals surface area contributed by atoms with Crippen LogP contribution in [0.25, 0.3) is 0 Å². The summed E-state index contributed by atoms with van der Waals surface area (Å²) in [6, 6.07) is 0. The summed E-state index contributed by atoms with van der Waals surface area (Å²) < 4.78 is 68.2. The first-order valence-electron chi connectivity index (χ1n) is 39.0. The minimum atomic E-state index is -4.95. The first kappa shape index (κ1) is 92.1. The van der Waals surface area contributed by atoms with Crippen LogP contribution in [0.1, 0.15) is 388 Å². The zero-order valence-electron chi connectivity index (χ0n) is 61.3. The van der Waals surface area contributed by atoms with Gasteiger partial charge < -0.3 is 33.8 Å². The molecule has 0 saturated carbocycles. The largest absolute Gasteiger partial charge is 0.472 e. The van der Waals surface area contributed by atoms with Crippen LogP contribution >= 0.6 is 15.6 Å². The molecule has 0 fully saturated rings. The zero-order chi connectivity index (χ0) is 69.3. The number of rotatable bonds is 74. The van der Waals surface area contributed by atoms with E-state index in [9.17, 15) is 43.2 Å². The van der Waals surface area contributed by atoms with Crippen molar-refractivity contribution in [2.45, 2.75) is 407 Å². The van der Waals surface area contributed by atoms with Crippen LogP contribution in [0.15, 0.2) is 0 Å². The Morgan fingerprint density at radius 2 is 0.489 bits per heavy atom. The summed E-state index contributed by atoms with van der Waals surface area (Å²) in [7, 11) is -9.90. The van der Waals surface area contributed by atoms with Gasteiger partial charge >= 0.3 is 39.5 Å². The highest BCUT2D eigenvalue weighted by Crippen LogP contribution is 2.45. The van der Waals surface area contributed by atoms with Crippen LogP contribution in [-0.4, -0.2) is 96.7 Å². The van der Waals surface area contributed by atoms with Gasteiger partial charge in [-0.15, -0.1) is 0 Å². The van der Waals surface area contributed by atoms with Gasteiger partial charge in [0.25, 0.3) is 0 Å². The van der Waals surface area contributed by atoms with Crippen molar-refractivity contribution in [3.05, 3.63) is 0 Å². The first-order valence-corrected chi connectivity index (χ1v) is 42.0. The van der Waals surface area contributed by atoms with Crippen LogP contribution < -0.4 is 0 Å². The average molecular weight is 1380 g/mol. The third-order valence-corrected chi connectivity index (χ3v) is 19.4. The van der Waals surface area contributed by atoms with Crippen LogP contribution in [0.3, 0.4) is 0 Å². The Morgan fingerprint density at radius 1 is 0.287 bits per heavy atom.